The number of hydrogen-bond donors (Lipinski definition) is 1. The molecule has 1 aliphatic heterocycles. The summed E-state index contributed by atoms with van der Waals surface area (Å²) in [5, 5.41) is 9.15. The van der Waals surface area contributed by atoms with Gasteiger partial charge in [0, 0.05) is 34.9 Å². The largest absolute Gasteiger partial charge is 0.492 e. The van der Waals surface area contributed by atoms with Crippen LogP contribution in [0.1, 0.15) is 53.6 Å². The van der Waals surface area contributed by atoms with Crippen molar-refractivity contribution in [3.8, 4) is 28.5 Å². The smallest absolute Gasteiger partial charge is 0.304 e. The van der Waals surface area contributed by atoms with E-state index in [1.165, 1.54) is 16.7 Å². The molecular weight excluding hydrogens is 430 g/mol. The fourth-order valence-corrected chi connectivity index (χ4v) is 5.46. The number of aliphatic carboxylic acids is 1. The van der Waals surface area contributed by atoms with Gasteiger partial charge in [-0.15, -0.1) is 0 Å². The molecule has 0 saturated carbocycles. The molecule has 6 heteroatoms. The van der Waals surface area contributed by atoms with Crippen molar-refractivity contribution in [3.63, 3.8) is 0 Å². The van der Waals surface area contributed by atoms with E-state index in [1.54, 1.807) is 7.11 Å². The summed E-state index contributed by atoms with van der Waals surface area (Å²) in [6.45, 7) is 6.65. The minimum Gasteiger partial charge on any atom is -0.492 e. The van der Waals surface area contributed by atoms with Crippen LogP contribution < -0.4 is 14.2 Å². The van der Waals surface area contributed by atoms with Crippen LogP contribution in [-0.4, -0.2) is 29.8 Å². The van der Waals surface area contributed by atoms with Crippen LogP contribution in [-0.2, 0) is 16.8 Å². The van der Waals surface area contributed by atoms with E-state index in [2.05, 4.69) is 37.0 Å². The lowest BCUT2D eigenvalue weighted by Crippen LogP contribution is -2.26. The first-order valence-electron chi connectivity index (χ1n) is 11.6. The molecule has 2 atom stereocenters. The average Bonchev–Trinajstić information content (AvgIpc) is 3.34. The number of fused-ring (bicyclic) bond motifs is 2. The lowest BCUT2D eigenvalue weighted by molar-refractivity contribution is -0.137. The van der Waals surface area contributed by atoms with Gasteiger partial charge in [0.15, 0.2) is 0 Å². The highest BCUT2D eigenvalue weighted by atomic mass is 16.5. The Morgan fingerprint density at radius 2 is 2.06 bits per heavy atom. The summed E-state index contributed by atoms with van der Waals surface area (Å²) in [6.07, 6.45) is 1.84. The first kappa shape index (κ1) is 22.3. The van der Waals surface area contributed by atoms with E-state index < -0.39 is 11.6 Å². The third-order valence-electron chi connectivity index (χ3n) is 7.08. The highest BCUT2D eigenvalue weighted by Crippen LogP contribution is 2.46. The number of benzene rings is 2. The van der Waals surface area contributed by atoms with E-state index >= 15 is 0 Å². The lowest BCUT2D eigenvalue weighted by atomic mass is 9.91. The molecule has 34 heavy (non-hydrogen) atoms. The van der Waals surface area contributed by atoms with Gasteiger partial charge in [0.2, 0.25) is 5.88 Å². The van der Waals surface area contributed by atoms with Crippen LogP contribution in [0.15, 0.2) is 42.5 Å². The molecule has 5 rings (SSSR count). The molecule has 0 radical (unpaired) electrons. The quantitative estimate of drug-likeness (QED) is 0.520. The van der Waals surface area contributed by atoms with Crippen LogP contribution in [0.2, 0.25) is 0 Å². The number of carbonyl (C=O) groups is 1. The van der Waals surface area contributed by atoms with Crippen LogP contribution in [0.25, 0.3) is 11.1 Å². The monoisotopic (exact) mass is 459 g/mol. The van der Waals surface area contributed by atoms with Crippen molar-refractivity contribution in [1.29, 1.82) is 0 Å². The molecule has 0 saturated heterocycles. The summed E-state index contributed by atoms with van der Waals surface area (Å²) in [5.74, 6) is 1.15. The van der Waals surface area contributed by atoms with Crippen LogP contribution in [0.5, 0.6) is 17.4 Å². The molecular formula is C28H29NO5. The number of carboxylic acids is 1. The Morgan fingerprint density at radius 3 is 2.79 bits per heavy atom. The van der Waals surface area contributed by atoms with Crippen molar-refractivity contribution >= 4 is 5.97 Å². The number of aryl methyl sites for hydroxylation is 2. The molecule has 6 nitrogen and oxygen atoms in total. The van der Waals surface area contributed by atoms with Gasteiger partial charge in [-0.05, 0) is 61.9 Å². The van der Waals surface area contributed by atoms with Gasteiger partial charge in [-0.1, -0.05) is 24.3 Å². The summed E-state index contributed by atoms with van der Waals surface area (Å²) < 4.78 is 17.7. The lowest BCUT2D eigenvalue weighted by Gasteiger charge is -2.28. The van der Waals surface area contributed by atoms with Gasteiger partial charge in [-0.25, -0.2) is 4.98 Å². The van der Waals surface area contributed by atoms with E-state index in [9.17, 15) is 4.79 Å². The van der Waals surface area contributed by atoms with Crippen LogP contribution in [0.4, 0.5) is 0 Å². The summed E-state index contributed by atoms with van der Waals surface area (Å²) in [7, 11) is 1.64. The van der Waals surface area contributed by atoms with Gasteiger partial charge in [-0.3, -0.25) is 4.79 Å². The molecule has 0 amide bonds. The van der Waals surface area contributed by atoms with Crippen LogP contribution >= 0.6 is 0 Å². The zero-order valence-corrected chi connectivity index (χ0v) is 20.0. The maximum atomic E-state index is 11.1. The summed E-state index contributed by atoms with van der Waals surface area (Å²) in [6, 6.07) is 14.2. The second kappa shape index (κ2) is 8.35. The first-order valence-corrected chi connectivity index (χ1v) is 11.6. The topological polar surface area (TPSA) is 77.9 Å². The Labute approximate surface area is 199 Å². The average molecular weight is 460 g/mol. The molecule has 1 aliphatic carbocycles. The van der Waals surface area contributed by atoms with E-state index in [0.717, 1.165) is 46.7 Å². The van der Waals surface area contributed by atoms with E-state index in [1.807, 2.05) is 31.2 Å². The zero-order valence-electron chi connectivity index (χ0n) is 20.0. The maximum Gasteiger partial charge on any atom is 0.304 e. The normalized spacial score (nSPS) is 20.4. The second-order valence-corrected chi connectivity index (χ2v) is 9.41. The minimum atomic E-state index is -0.815. The SMILES string of the molecule is COc1cc(C)c(-c2cccc3c2CCC3(C)Oc2ccc3c(c2)OCC3CC(=O)O)c(C)n1. The highest BCUT2D eigenvalue weighted by molar-refractivity contribution is 5.75. The van der Waals surface area contributed by atoms with Crippen LogP contribution in [0.3, 0.4) is 0 Å². The van der Waals surface area contributed by atoms with E-state index in [-0.39, 0.29) is 12.3 Å². The Morgan fingerprint density at radius 1 is 1.24 bits per heavy atom. The number of nitrogens with zero attached hydrogens (tertiary/aromatic N) is 1. The van der Waals surface area contributed by atoms with Gasteiger partial charge >= 0.3 is 5.97 Å². The third-order valence-corrected chi connectivity index (χ3v) is 7.08. The van der Waals surface area contributed by atoms with Gasteiger partial charge in [0.1, 0.15) is 17.1 Å². The molecule has 2 unspecified atom stereocenters. The number of aromatic nitrogens is 1. The number of pyridine rings is 1. The van der Waals surface area contributed by atoms with Crippen molar-refractivity contribution in [2.75, 3.05) is 13.7 Å². The predicted molar refractivity (Wildman–Crippen MR) is 129 cm³/mol. The van der Waals surface area contributed by atoms with Crippen molar-refractivity contribution in [3.05, 3.63) is 70.4 Å². The minimum absolute atomic E-state index is 0.0696. The molecule has 0 bridgehead atoms. The van der Waals surface area contributed by atoms with Crippen molar-refractivity contribution in [2.45, 2.75) is 51.6 Å². The summed E-state index contributed by atoms with van der Waals surface area (Å²) in [4.78, 5) is 15.7. The van der Waals surface area contributed by atoms with Gasteiger partial charge in [0.25, 0.3) is 0 Å². The van der Waals surface area contributed by atoms with Crippen molar-refractivity contribution in [2.24, 2.45) is 0 Å². The van der Waals surface area contributed by atoms with Gasteiger partial charge in [0.05, 0.1) is 20.1 Å². The molecule has 1 aromatic heterocycles. The number of rotatable bonds is 6. The standard InChI is InChI=1S/C28H29NO5/c1-16-12-25(32-4)29-17(2)27(16)22-6-5-7-23-21(22)10-11-28(23,3)34-19-8-9-20-18(13-26(30)31)15-33-24(20)14-19/h5-9,12,14,18H,10-11,13,15H2,1-4H3,(H,30,31). The maximum absolute atomic E-state index is 11.1. The number of hydrogen-bond acceptors (Lipinski definition) is 5. The fraction of sp³-hybridized carbons (Fsp3) is 0.357. The zero-order chi connectivity index (χ0) is 24.0. The number of ether oxygens (including phenoxy) is 3. The molecule has 2 aliphatic rings. The summed E-state index contributed by atoms with van der Waals surface area (Å²) in [5.41, 5.74) is 7.38. The molecule has 2 aromatic carbocycles. The van der Waals surface area contributed by atoms with Crippen molar-refractivity contribution in [1.82, 2.24) is 4.98 Å². The molecule has 2 heterocycles. The second-order valence-electron chi connectivity index (χ2n) is 9.41. The highest BCUT2D eigenvalue weighted by Gasteiger charge is 2.38. The molecule has 1 N–H and O–H groups in total. The Bertz CT molecular complexity index is 1260. The molecule has 3 aromatic rings. The summed E-state index contributed by atoms with van der Waals surface area (Å²) >= 11 is 0. The Kier molecular flexibility index (Phi) is 5.47. The van der Waals surface area contributed by atoms with Gasteiger partial charge < -0.3 is 19.3 Å². The predicted octanol–water partition coefficient (Wildman–Crippen LogP) is 5.57. The fourth-order valence-electron chi connectivity index (χ4n) is 5.46. The van der Waals surface area contributed by atoms with E-state index in [4.69, 9.17) is 19.3 Å². The number of methoxy groups -OCH3 is 1. The first-order chi connectivity index (χ1) is 16.3. The Balaban J connectivity index is 1.46. The van der Waals surface area contributed by atoms with Crippen LogP contribution in [0, 0.1) is 13.8 Å². The van der Waals surface area contributed by atoms with Gasteiger partial charge in [-0.2, -0.15) is 0 Å². The molecule has 0 spiro atoms. The third kappa shape index (κ3) is 3.77. The molecule has 176 valence electrons. The Hall–Kier alpha value is -3.54. The van der Waals surface area contributed by atoms with Crippen molar-refractivity contribution < 1.29 is 24.1 Å². The number of carboxylic acid groups (broad SMARTS) is 1. The molecule has 0 fully saturated rings. The van der Waals surface area contributed by atoms with E-state index in [0.29, 0.717) is 12.5 Å².